The van der Waals surface area contributed by atoms with Gasteiger partial charge in [-0.15, -0.1) is 0 Å². The van der Waals surface area contributed by atoms with Crippen LogP contribution in [0.2, 0.25) is 5.02 Å². The van der Waals surface area contributed by atoms with E-state index in [1.54, 1.807) is 41.6 Å². The summed E-state index contributed by atoms with van der Waals surface area (Å²) in [6.07, 6.45) is 4.23. The summed E-state index contributed by atoms with van der Waals surface area (Å²) >= 11 is 5.87. The third-order valence-corrected chi connectivity index (χ3v) is 7.06. The highest BCUT2D eigenvalue weighted by molar-refractivity contribution is 6.30. The van der Waals surface area contributed by atoms with Gasteiger partial charge in [0.1, 0.15) is 22.6 Å². The smallest absolute Gasteiger partial charge is 0.273 e. The lowest BCUT2D eigenvalue weighted by Crippen LogP contribution is -2.63. The van der Waals surface area contributed by atoms with Crippen LogP contribution in [0.25, 0.3) is 16.7 Å². The molecule has 0 atom stereocenters. The lowest BCUT2D eigenvalue weighted by Gasteiger charge is -2.40. The van der Waals surface area contributed by atoms with Gasteiger partial charge in [0, 0.05) is 25.1 Å². The van der Waals surface area contributed by atoms with Gasteiger partial charge in [0.2, 0.25) is 5.91 Å². The second-order valence-corrected chi connectivity index (χ2v) is 9.62. The Bertz CT molecular complexity index is 1270. The molecule has 1 saturated heterocycles. The predicted octanol–water partition coefficient (Wildman–Crippen LogP) is 4.22. The number of nitrogens with zero attached hydrogens (tertiary/aromatic N) is 4. The van der Waals surface area contributed by atoms with Crippen molar-refractivity contribution in [1.29, 1.82) is 0 Å². The van der Waals surface area contributed by atoms with E-state index in [-0.39, 0.29) is 28.4 Å². The van der Waals surface area contributed by atoms with E-state index in [9.17, 15) is 14.0 Å². The first-order valence-electron chi connectivity index (χ1n) is 11.2. The van der Waals surface area contributed by atoms with Crippen LogP contribution in [0.3, 0.4) is 0 Å². The lowest BCUT2D eigenvalue weighted by atomic mass is 9.98. The molecule has 3 heterocycles. The molecule has 7 nitrogen and oxygen atoms in total. The molecule has 3 aromatic rings. The summed E-state index contributed by atoms with van der Waals surface area (Å²) in [7, 11) is 0. The van der Waals surface area contributed by atoms with E-state index < -0.39 is 11.4 Å². The molecule has 1 saturated carbocycles. The summed E-state index contributed by atoms with van der Waals surface area (Å²) in [4.78, 5) is 32.0. The minimum Gasteiger partial charge on any atom is -0.352 e. The van der Waals surface area contributed by atoms with Gasteiger partial charge in [-0.05, 0) is 51.0 Å². The number of hydrogen-bond acceptors (Lipinski definition) is 4. The first kappa shape index (κ1) is 21.8. The van der Waals surface area contributed by atoms with Crippen molar-refractivity contribution < 1.29 is 14.0 Å². The average molecular weight is 470 g/mol. The Kier molecular flexibility index (Phi) is 5.35. The average Bonchev–Trinajstić information content (AvgIpc) is 3.44. The molecule has 2 aliphatic rings. The lowest BCUT2D eigenvalue weighted by molar-refractivity contribution is -0.133. The fraction of sp³-hybridized carbons (Fsp3) is 0.417. The molecule has 1 aliphatic carbocycles. The van der Waals surface area contributed by atoms with Gasteiger partial charge in [-0.3, -0.25) is 9.59 Å². The van der Waals surface area contributed by atoms with Crippen molar-refractivity contribution >= 4 is 34.4 Å². The second-order valence-electron chi connectivity index (χ2n) is 9.21. The topological polar surface area (TPSA) is 80.1 Å². The highest BCUT2D eigenvalue weighted by atomic mass is 35.5. The molecule has 1 N–H and O–H groups in total. The maximum absolute atomic E-state index is 14.2. The zero-order valence-corrected chi connectivity index (χ0v) is 19.3. The van der Waals surface area contributed by atoms with E-state index in [2.05, 4.69) is 5.32 Å². The van der Waals surface area contributed by atoms with Crippen LogP contribution < -0.4 is 5.32 Å². The standard InChI is InChI=1S/C24H25ClFN5O2/c1-24(2)23(33)27-11-12-30(24)22(32)18-9-10-19-21(28-18)20(14-5-3-4-6-14)29-31(19)15-7-8-16(25)17(26)13-15/h7-10,13-14H,3-6,11-12H2,1-2H3,(H,27,33). The molecular weight excluding hydrogens is 445 g/mol. The molecule has 1 aliphatic heterocycles. The van der Waals surface area contributed by atoms with Gasteiger partial charge >= 0.3 is 0 Å². The second kappa shape index (κ2) is 8.09. The summed E-state index contributed by atoms with van der Waals surface area (Å²) in [6, 6.07) is 8.01. The minimum atomic E-state index is -0.967. The maximum atomic E-state index is 14.2. The van der Waals surface area contributed by atoms with Crippen LogP contribution in [0.4, 0.5) is 4.39 Å². The number of halogens is 2. The van der Waals surface area contributed by atoms with Gasteiger partial charge in [0.25, 0.3) is 5.91 Å². The minimum absolute atomic E-state index is 0.0467. The van der Waals surface area contributed by atoms with Gasteiger partial charge < -0.3 is 10.2 Å². The van der Waals surface area contributed by atoms with Crippen molar-refractivity contribution in [2.24, 2.45) is 0 Å². The molecule has 172 valence electrons. The molecule has 2 aromatic heterocycles. The van der Waals surface area contributed by atoms with Gasteiger partial charge in [-0.25, -0.2) is 14.1 Å². The monoisotopic (exact) mass is 469 g/mol. The van der Waals surface area contributed by atoms with Crippen LogP contribution in [0, 0.1) is 5.82 Å². The molecule has 5 rings (SSSR count). The fourth-order valence-corrected chi connectivity index (χ4v) is 4.94. The molecule has 0 unspecified atom stereocenters. The van der Waals surface area contributed by atoms with E-state index in [1.165, 1.54) is 12.1 Å². The third-order valence-electron chi connectivity index (χ3n) is 6.76. The number of benzene rings is 1. The number of hydrogen-bond donors (Lipinski definition) is 1. The maximum Gasteiger partial charge on any atom is 0.273 e. The first-order valence-corrected chi connectivity index (χ1v) is 11.6. The van der Waals surface area contributed by atoms with Crippen molar-refractivity contribution in [2.45, 2.75) is 51.0 Å². The van der Waals surface area contributed by atoms with Crippen molar-refractivity contribution in [3.63, 3.8) is 0 Å². The molecular formula is C24H25ClFN5O2. The molecule has 0 bridgehead atoms. The SMILES string of the molecule is CC1(C)C(=O)NCCN1C(=O)c1ccc2c(n1)c(C1CCCC1)nn2-c1ccc(Cl)c(F)c1. The molecule has 1 aromatic carbocycles. The van der Waals surface area contributed by atoms with Crippen molar-refractivity contribution in [3.8, 4) is 5.69 Å². The van der Waals surface area contributed by atoms with E-state index in [0.717, 1.165) is 31.4 Å². The summed E-state index contributed by atoms with van der Waals surface area (Å²) < 4.78 is 15.8. The van der Waals surface area contributed by atoms with E-state index in [4.69, 9.17) is 21.7 Å². The fourth-order valence-electron chi connectivity index (χ4n) is 4.82. The largest absolute Gasteiger partial charge is 0.352 e. The third kappa shape index (κ3) is 3.66. The summed E-state index contributed by atoms with van der Waals surface area (Å²) in [5.41, 5.74) is 2.01. The van der Waals surface area contributed by atoms with Crippen LogP contribution in [0.15, 0.2) is 30.3 Å². The zero-order chi connectivity index (χ0) is 23.3. The highest BCUT2D eigenvalue weighted by Crippen LogP contribution is 2.37. The Morgan fingerprint density at radius 2 is 1.97 bits per heavy atom. The van der Waals surface area contributed by atoms with Crippen molar-refractivity contribution in [2.75, 3.05) is 13.1 Å². The van der Waals surface area contributed by atoms with Crippen molar-refractivity contribution in [3.05, 3.63) is 52.6 Å². The Hall–Kier alpha value is -3.00. The molecule has 0 radical (unpaired) electrons. The van der Waals surface area contributed by atoms with E-state index in [1.807, 2.05) is 0 Å². The predicted molar refractivity (Wildman–Crippen MR) is 123 cm³/mol. The number of carbonyl (C=O) groups excluding carboxylic acids is 2. The number of amides is 2. The summed E-state index contributed by atoms with van der Waals surface area (Å²) in [5.74, 6) is -0.765. The van der Waals surface area contributed by atoms with Gasteiger partial charge in [0.15, 0.2) is 0 Å². The van der Waals surface area contributed by atoms with Crippen LogP contribution in [0.1, 0.15) is 61.6 Å². The number of pyridine rings is 1. The molecule has 33 heavy (non-hydrogen) atoms. The Morgan fingerprint density at radius 3 is 2.70 bits per heavy atom. The number of rotatable bonds is 3. The van der Waals surface area contributed by atoms with Crippen molar-refractivity contribution in [1.82, 2.24) is 25.0 Å². The van der Waals surface area contributed by atoms with Crippen LogP contribution in [-0.4, -0.2) is 50.1 Å². The highest BCUT2D eigenvalue weighted by Gasteiger charge is 2.41. The molecule has 0 spiro atoms. The Morgan fingerprint density at radius 1 is 1.21 bits per heavy atom. The quantitative estimate of drug-likeness (QED) is 0.622. The van der Waals surface area contributed by atoms with E-state index in [0.29, 0.717) is 29.8 Å². The van der Waals surface area contributed by atoms with E-state index >= 15 is 0 Å². The normalized spacial score (nSPS) is 18.7. The van der Waals surface area contributed by atoms with Gasteiger partial charge in [-0.1, -0.05) is 24.4 Å². The van der Waals surface area contributed by atoms with Crippen LogP contribution in [0.5, 0.6) is 0 Å². The Balaban J connectivity index is 1.62. The summed E-state index contributed by atoms with van der Waals surface area (Å²) in [5, 5.41) is 7.68. The number of nitrogens with one attached hydrogen (secondary N) is 1. The number of aromatic nitrogens is 3. The van der Waals surface area contributed by atoms with Crippen LogP contribution >= 0.6 is 11.6 Å². The Labute approximate surface area is 195 Å². The number of fused-ring (bicyclic) bond motifs is 1. The van der Waals surface area contributed by atoms with Gasteiger partial charge in [0.05, 0.1) is 21.9 Å². The summed E-state index contributed by atoms with van der Waals surface area (Å²) in [6.45, 7) is 4.28. The van der Waals surface area contributed by atoms with Crippen LogP contribution in [-0.2, 0) is 4.79 Å². The van der Waals surface area contributed by atoms with Gasteiger partial charge in [-0.2, -0.15) is 5.10 Å². The molecule has 9 heteroatoms. The number of carbonyl (C=O) groups is 2. The number of piperazine rings is 1. The zero-order valence-electron chi connectivity index (χ0n) is 18.6. The molecule has 2 amide bonds. The molecule has 2 fully saturated rings. The first-order chi connectivity index (χ1) is 15.8.